The molecule has 0 aliphatic heterocycles. The zero-order chi connectivity index (χ0) is 16.6. The Hall–Kier alpha value is -2.40. The molecule has 0 saturated heterocycles. The van der Waals surface area contributed by atoms with E-state index in [1.54, 1.807) is 0 Å². The molecular formula is C18H19N2O2S+. The molecule has 0 aliphatic rings. The number of aromatic nitrogens is 2. The maximum absolute atomic E-state index is 12.6. The maximum Gasteiger partial charge on any atom is 0.257 e. The molecule has 5 heteroatoms. The van der Waals surface area contributed by atoms with Crippen molar-refractivity contribution in [2.75, 3.05) is 6.26 Å². The second-order valence-corrected chi connectivity index (χ2v) is 7.53. The molecule has 0 unspecified atom stereocenters. The van der Waals surface area contributed by atoms with E-state index in [9.17, 15) is 8.42 Å². The van der Waals surface area contributed by atoms with Crippen LogP contribution >= 0.6 is 0 Å². The number of benzene rings is 2. The summed E-state index contributed by atoms with van der Waals surface area (Å²) in [7, 11) is 0.353. The van der Waals surface area contributed by atoms with Crippen LogP contribution in [0, 0.1) is 0 Å². The van der Waals surface area contributed by atoms with Crippen molar-refractivity contribution in [1.82, 2.24) is 4.68 Å². The monoisotopic (exact) mass is 327 g/mol. The van der Waals surface area contributed by atoms with Crippen molar-refractivity contribution in [3.63, 3.8) is 0 Å². The highest BCUT2D eigenvalue weighted by Crippen LogP contribution is 2.33. The Kier molecular flexibility index (Phi) is 3.82. The van der Waals surface area contributed by atoms with Crippen LogP contribution in [0.3, 0.4) is 0 Å². The number of nitrogens with zero attached hydrogens (tertiary/aromatic N) is 2. The van der Waals surface area contributed by atoms with Crippen molar-refractivity contribution >= 4 is 9.84 Å². The number of sulfone groups is 1. The molecule has 0 spiro atoms. The molecule has 1 heterocycles. The first-order valence-electron chi connectivity index (χ1n) is 7.31. The molecule has 0 radical (unpaired) electrons. The van der Waals surface area contributed by atoms with E-state index < -0.39 is 9.84 Å². The number of hydrogen-bond acceptors (Lipinski definition) is 2. The van der Waals surface area contributed by atoms with Gasteiger partial charge >= 0.3 is 0 Å². The highest BCUT2D eigenvalue weighted by molar-refractivity contribution is 7.91. The van der Waals surface area contributed by atoms with Gasteiger partial charge in [-0.3, -0.25) is 0 Å². The average molecular weight is 327 g/mol. The van der Waals surface area contributed by atoms with E-state index in [1.165, 1.54) is 6.26 Å². The molecule has 0 atom stereocenters. The van der Waals surface area contributed by atoms with Gasteiger partial charge in [0.05, 0.1) is 7.05 Å². The average Bonchev–Trinajstić information content (AvgIpc) is 2.81. The zero-order valence-electron chi connectivity index (χ0n) is 13.4. The van der Waals surface area contributed by atoms with Crippen LogP contribution in [0.5, 0.6) is 0 Å². The standard InChI is InChI=1S/C18H19N2O2S/c1-19-16(14-10-6-4-7-11-14)18(23(3,21)22)17(20(19)2)15-12-8-5-9-13-15/h4-13H,1-3H3/q+1. The summed E-state index contributed by atoms with van der Waals surface area (Å²) in [6, 6.07) is 19.2. The third-order valence-corrected chi connectivity index (χ3v) is 5.12. The van der Waals surface area contributed by atoms with Gasteiger partial charge in [0.25, 0.3) is 5.69 Å². The Bertz CT molecular complexity index is 881. The first-order chi connectivity index (χ1) is 10.9. The van der Waals surface area contributed by atoms with Gasteiger partial charge in [-0.25, -0.2) is 8.42 Å². The van der Waals surface area contributed by atoms with Gasteiger partial charge in [0, 0.05) is 17.4 Å². The van der Waals surface area contributed by atoms with E-state index in [0.717, 1.165) is 11.1 Å². The summed E-state index contributed by atoms with van der Waals surface area (Å²) in [4.78, 5) is 0.361. The van der Waals surface area contributed by atoms with Crippen LogP contribution < -0.4 is 4.68 Å². The van der Waals surface area contributed by atoms with E-state index in [1.807, 2.05) is 84.1 Å². The fourth-order valence-corrected chi connectivity index (χ4v) is 4.09. The molecule has 118 valence electrons. The third-order valence-electron chi connectivity index (χ3n) is 3.99. The topological polar surface area (TPSA) is 43.0 Å². The smallest absolute Gasteiger partial charge is 0.224 e. The lowest BCUT2D eigenvalue weighted by Crippen LogP contribution is -2.39. The van der Waals surface area contributed by atoms with Crippen molar-refractivity contribution in [1.29, 1.82) is 0 Å². The van der Waals surface area contributed by atoms with Crippen molar-refractivity contribution in [3.8, 4) is 22.5 Å². The molecule has 0 saturated carbocycles. The molecule has 3 rings (SSSR count). The molecule has 2 aromatic carbocycles. The van der Waals surface area contributed by atoms with Crippen molar-refractivity contribution < 1.29 is 13.1 Å². The summed E-state index contributed by atoms with van der Waals surface area (Å²) >= 11 is 0. The molecule has 0 aliphatic carbocycles. The zero-order valence-corrected chi connectivity index (χ0v) is 14.2. The second kappa shape index (κ2) is 5.66. The first kappa shape index (κ1) is 15.5. The summed E-state index contributed by atoms with van der Waals surface area (Å²) in [5.74, 6) is 0. The largest absolute Gasteiger partial charge is 0.257 e. The van der Waals surface area contributed by atoms with Gasteiger partial charge in [-0.2, -0.15) is 4.68 Å². The van der Waals surface area contributed by atoms with Crippen LogP contribution in [0.25, 0.3) is 22.5 Å². The Labute approximate surface area is 136 Å². The predicted octanol–water partition coefficient (Wildman–Crippen LogP) is 2.59. The van der Waals surface area contributed by atoms with E-state index in [0.29, 0.717) is 16.3 Å². The summed E-state index contributed by atoms with van der Waals surface area (Å²) in [5.41, 5.74) is 3.17. The predicted molar refractivity (Wildman–Crippen MR) is 90.6 cm³/mol. The number of rotatable bonds is 3. The number of hydrogen-bond donors (Lipinski definition) is 0. The van der Waals surface area contributed by atoms with Crippen LogP contribution in [0.1, 0.15) is 0 Å². The lowest BCUT2D eigenvalue weighted by molar-refractivity contribution is -0.741. The molecule has 0 bridgehead atoms. The van der Waals surface area contributed by atoms with Crippen LogP contribution in [0.15, 0.2) is 65.6 Å². The quantitative estimate of drug-likeness (QED) is 0.694. The first-order valence-corrected chi connectivity index (χ1v) is 9.20. The molecule has 0 fully saturated rings. The molecule has 0 amide bonds. The summed E-state index contributed by atoms with van der Waals surface area (Å²) in [6.07, 6.45) is 1.27. The van der Waals surface area contributed by atoms with Gasteiger partial charge in [-0.15, -0.1) is 4.68 Å². The van der Waals surface area contributed by atoms with Crippen LogP contribution in [-0.4, -0.2) is 19.4 Å². The highest BCUT2D eigenvalue weighted by Gasteiger charge is 2.34. The van der Waals surface area contributed by atoms with Crippen LogP contribution in [0.2, 0.25) is 0 Å². The Morgan fingerprint density at radius 3 is 1.83 bits per heavy atom. The molecule has 1 aromatic heterocycles. The third kappa shape index (κ3) is 2.68. The Balaban J connectivity index is 2.44. The summed E-state index contributed by atoms with van der Waals surface area (Å²) in [6.45, 7) is 0. The van der Waals surface area contributed by atoms with E-state index >= 15 is 0 Å². The fourth-order valence-electron chi connectivity index (χ4n) is 2.89. The summed E-state index contributed by atoms with van der Waals surface area (Å²) in [5, 5.41) is 0. The lowest BCUT2D eigenvalue weighted by atomic mass is 10.1. The molecule has 23 heavy (non-hydrogen) atoms. The second-order valence-electron chi connectivity index (χ2n) is 5.58. The van der Waals surface area contributed by atoms with Gasteiger partial charge < -0.3 is 0 Å². The fraction of sp³-hybridized carbons (Fsp3) is 0.167. The van der Waals surface area contributed by atoms with Gasteiger partial charge in [0.15, 0.2) is 21.8 Å². The normalized spacial score (nSPS) is 11.6. The van der Waals surface area contributed by atoms with Crippen molar-refractivity contribution in [2.45, 2.75) is 4.90 Å². The molecule has 4 nitrogen and oxygen atoms in total. The van der Waals surface area contributed by atoms with Gasteiger partial charge in [-0.05, 0) is 12.1 Å². The van der Waals surface area contributed by atoms with Gasteiger partial charge in [0.1, 0.15) is 5.69 Å². The minimum atomic E-state index is -3.40. The maximum atomic E-state index is 12.6. The van der Waals surface area contributed by atoms with Gasteiger partial charge in [-0.1, -0.05) is 48.5 Å². The van der Waals surface area contributed by atoms with Crippen molar-refractivity contribution in [2.24, 2.45) is 14.1 Å². The minimum Gasteiger partial charge on any atom is -0.224 e. The van der Waals surface area contributed by atoms with Crippen molar-refractivity contribution in [3.05, 3.63) is 60.7 Å². The van der Waals surface area contributed by atoms with Crippen LogP contribution in [0.4, 0.5) is 0 Å². The Morgan fingerprint density at radius 1 is 0.870 bits per heavy atom. The molecular weight excluding hydrogens is 308 g/mol. The summed E-state index contributed by atoms with van der Waals surface area (Å²) < 4.78 is 28.9. The van der Waals surface area contributed by atoms with Crippen LogP contribution in [-0.2, 0) is 23.9 Å². The highest BCUT2D eigenvalue weighted by atomic mass is 32.2. The minimum absolute atomic E-state index is 0.361. The van der Waals surface area contributed by atoms with E-state index in [-0.39, 0.29) is 0 Å². The van der Waals surface area contributed by atoms with E-state index in [2.05, 4.69) is 0 Å². The Morgan fingerprint density at radius 2 is 1.35 bits per heavy atom. The SMILES string of the molecule is Cn1c(-c2ccccc2)c(S(C)(=O)=O)c(-c2ccccc2)[n+]1C. The van der Waals surface area contributed by atoms with Gasteiger partial charge in [0.2, 0.25) is 0 Å². The lowest BCUT2D eigenvalue weighted by Gasteiger charge is -2.02. The molecule has 0 N–H and O–H groups in total. The molecule has 3 aromatic rings. The van der Waals surface area contributed by atoms with E-state index in [4.69, 9.17) is 0 Å².